The first-order chi connectivity index (χ1) is 8.63. The van der Waals surface area contributed by atoms with Crippen LogP contribution in [0.25, 0.3) is 0 Å². The summed E-state index contributed by atoms with van der Waals surface area (Å²) in [5, 5.41) is 16.8. The van der Waals surface area contributed by atoms with Crippen molar-refractivity contribution in [1.29, 1.82) is 0 Å². The van der Waals surface area contributed by atoms with Crippen LogP contribution in [0.3, 0.4) is 0 Å². The van der Waals surface area contributed by atoms with Crippen molar-refractivity contribution in [1.82, 2.24) is 15.1 Å². The van der Waals surface area contributed by atoms with Crippen molar-refractivity contribution in [2.75, 3.05) is 0 Å². The van der Waals surface area contributed by atoms with Crippen LogP contribution in [0.15, 0.2) is 36.7 Å². The van der Waals surface area contributed by atoms with Gasteiger partial charge in [0.15, 0.2) is 0 Å². The van der Waals surface area contributed by atoms with Gasteiger partial charge in [0.1, 0.15) is 5.75 Å². The summed E-state index contributed by atoms with van der Waals surface area (Å²) in [5.41, 5.74) is 2.41. The monoisotopic (exact) mass is 245 g/mol. The highest BCUT2D eigenvalue weighted by Gasteiger charge is 2.04. The van der Waals surface area contributed by atoms with E-state index in [0.717, 1.165) is 13.0 Å². The number of nitrogens with one attached hydrogen (secondary N) is 1. The molecule has 2 N–H and O–H groups in total. The zero-order valence-corrected chi connectivity index (χ0v) is 10.8. The third-order valence-corrected chi connectivity index (χ3v) is 2.89. The molecule has 0 unspecified atom stereocenters. The second-order valence-electron chi connectivity index (χ2n) is 4.67. The van der Waals surface area contributed by atoms with Crippen molar-refractivity contribution in [3.05, 3.63) is 47.8 Å². The predicted molar refractivity (Wildman–Crippen MR) is 71.3 cm³/mol. The predicted octanol–water partition coefficient (Wildman–Crippen LogP) is 1.85. The molecule has 0 saturated carbocycles. The minimum absolute atomic E-state index is 0.315. The summed E-state index contributed by atoms with van der Waals surface area (Å²) in [6.07, 6.45) is 4.83. The molecule has 4 heteroatoms. The van der Waals surface area contributed by atoms with Gasteiger partial charge in [-0.15, -0.1) is 0 Å². The second-order valence-corrected chi connectivity index (χ2v) is 4.67. The summed E-state index contributed by atoms with van der Waals surface area (Å²) in [7, 11) is 1.92. The fourth-order valence-electron chi connectivity index (χ4n) is 1.91. The molecule has 0 aliphatic carbocycles. The Kier molecular flexibility index (Phi) is 3.99. The van der Waals surface area contributed by atoms with E-state index in [2.05, 4.69) is 17.3 Å². The number of hydrogen-bond donors (Lipinski definition) is 2. The molecule has 0 aliphatic heterocycles. The lowest BCUT2D eigenvalue weighted by Crippen LogP contribution is -2.27. The van der Waals surface area contributed by atoms with Crippen molar-refractivity contribution in [2.45, 2.75) is 25.9 Å². The SMILES string of the molecule is C[C@H](Cc1ccc(O)cc1)NCc1cnn(C)c1. The highest BCUT2D eigenvalue weighted by molar-refractivity contribution is 5.26. The molecule has 0 bridgehead atoms. The minimum Gasteiger partial charge on any atom is -0.508 e. The summed E-state index contributed by atoms with van der Waals surface area (Å²) in [4.78, 5) is 0. The van der Waals surface area contributed by atoms with Gasteiger partial charge in [-0.2, -0.15) is 5.10 Å². The molecule has 0 amide bonds. The Labute approximate surface area is 107 Å². The van der Waals surface area contributed by atoms with Gasteiger partial charge in [0.25, 0.3) is 0 Å². The maximum Gasteiger partial charge on any atom is 0.115 e. The van der Waals surface area contributed by atoms with E-state index in [4.69, 9.17) is 0 Å². The van der Waals surface area contributed by atoms with Crippen LogP contribution in [0.4, 0.5) is 0 Å². The molecule has 0 saturated heterocycles. The number of rotatable bonds is 5. The lowest BCUT2D eigenvalue weighted by molar-refractivity contribution is 0.474. The van der Waals surface area contributed by atoms with E-state index in [1.165, 1.54) is 11.1 Å². The van der Waals surface area contributed by atoms with E-state index in [0.29, 0.717) is 11.8 Å². The molecule has 1 aromatic heterocycles. The fraction of sp³-hybridized carbons (Fsp3) is 0.357. The molecule has 2 aromatic rings. The van der Waals surface area contributed by atoms with Crippen molar-refractivity contribution in [3.8, 4) is 5.75 Å². The minimum atomic E-state index is 0.315. The van der Waals surface area contributed by atoms with Crippen molar-refractivity contribution >= 4 is 0 Å². The Hall–Kier alpha value is -1.81. The highest BCUT2D eigenvalue weighted by atomic mass is 16.3. The molecule has 2 rings (SSSR count). The first kappa shape index (κ1) is 12.6. The average Bonchev–Trinajstić information content (AvgIpc) is 2.76. The van der Waals surface area contributed by atoms with Gasteiger partial charge in [-0.1, -0.05) is 12.1 Å². The van der Waals surface area contributed by atoms with E-state index >= 15 is 0 Å². The molecule has 1 aromatic carbocycles. The van der Waals surface area contributed by atoms with Gasteiger partial charge in [0, 0.05) is 31.4 Å². The van der Waals surface area contributed by atoms with Crippen molar-refractivity contribution < 1.29 is 5.11 Å². The summed E-state index contributed by atoms with van der Waals surface area (Å²) in [5.74, 6) is 0.315. The molecular formula is C14H19N3O. The summed E-state index contributed by atoms with van der Waals surface area (Å²) in [6, 6.07) is 7.75. The van der Waals surface area contributed by atoms with Gasteiger partial charge in [-0.3, -0.25) is 4.68 Å². The number of phenols is 1. The number of nitrogens with zero attached hydrogens (tertiary/aromatic N) is 2. The number of aryl methyl sites for hydroxylation is 1. The van der Waals surface area contributed by atoms with Crippen LogP contribution in [0.1, 0.15) is 18.1 Å². The van der Waals surface area contributed by atoms with Gasteiger partial charge < -0.3 is 10.4 Å². The number of aromatic nitrogens is 2. The number of phenolic OH excluding ortho intramolecular Hbond substituents is 1. The van der Waals surface area contributed by atoms with Gasteiger partial charge in [-0.25, -0.2) is 0 Å². The van der Waals surface area contributed by atoms with Crippen LogP contribution in [-0.4, -0.2) is 20.9 Å². The van der Waals surface area contributed by atoms with Crippen molar-refractivity contribution in [2.24, 2.45) is 7.05 Å². The lowest BCUT2D eigenvalue weighted by Gasteiger charge is -2.13. The topological polar surface area (TPSA) is 50.1 Å². The van der Waals surface area contributed by atoms with E-state index in [-0.39, 0.29) is 0 Å². The second kappa shape index (κ2) is 5.69. The van der Waals surface area contributed by atoms with Crippen LogP contribution in [0.2, 0.25) is 0 Å². The maximum atomic E-state index is 9.22. The van der Waals surface area contributed by atoms with Crippen LogP contribution >= 0.6 is 0 Å². The number of hydrogen-bond acceptors (Lipinski definition) is 3. The Morgan fingerprint density at radius 3 is 2.61 bits per heavy atom. The Bertz CT molecular complexity index is 490. The summed E-state index contributed by atoms with van der Waals surface area (Å²) < 4.78 is 1.81. The third kappa shape index (κ3) is 3.60. The molecule has 4 nitrogen and oxygen atoms in total. The number of benzene rings is 1. The smallest absolute Gasteiger partial charge is 0.115 e. The Balaban J connectivity index is 1.81. The molecule has 1 atom stereocenters. The zero-order valence-electron chi connectivity index (χ0n) is 10.8. The fourth-order valence-corrected chi connectivity index (χ4v) is 1.91. The molecule has 0 radical (unpaired) electrons. The third-order valence-electron chi connectivity index (χ3n) is 2.89. The normalized spacial score (nSPS) is 12.6. The molecule has 96 valence electrons. The first-order valence-electron chi connectivity index (χ1n) is 6.12. The average molecular weight is 245 g/mol. The van der Waals surface area contributed by atoms with Crippen LogP contribution in [0.5, 0.6) is 5.75 Å². The van der Waals surface area contributed by atoms with E-state index in [1.54, 1.807) is 12.1 Å². The summed E-state index contributed by atoms with van der Waals surface area (Å²) in [6.45, 7) is 2.98. The van der Waals surface area contributed by atoms with Gasteiger partial charge in [0.2, 0.25) is 0 Å². The molecule has 18 heavy (non-hydrogen) atoms. The Morgan fingerprint density at radius 2 is 2.00 bits per heavy atom. The van der Waals surface area contributed by atoms with Crippen molar-refractivity contribution in [3.63, 3.8) is 0 Å². The largest absolute Gasteiger partial charge is 0.508 e. The van der Waals surface area contributed by atoms with E-state index in [1.807, 2.05) is 36.3 Å². The van der Waals surface area contributed by atoms with Gasteiger partial charge >= 0.3 is 0 Å². The van der Waals surface area contributed by atoms with Gasteiger partial charge in [0.05, 0.1) is 6.20 Å². The molecule has 0 aliphatic rings. The first-order valence-corrected chi connectivity index (χ1v) is 6.12. The molecule has 0 fully saturated rings. The van der Waals surface area contributed by atoms with E-state index < -0.39 is 0 Å². The van der Waals surface area contributed by atoms with E-state index in [9.17, 15) is 5.11 Å². The van der Waals surface area contributed by atoms with Crippen LogP contribution in [-0.2, 0) is 20.0 Å². The molecule has 1 heterocycles. The van der Waals surface area contributed by atoms with Crippen LogP contribution in [0, 0.1) is 0 Å². The number of aromatic hydroxyl groups is 1. The summed E-state index contributed by atoms with van der Waals surface area (Å²) >= 11 is 0. The van der Waals surface area contributed by atoms with Gasteiger partial charge in [-0.05, 0) is 31.0 Å². The molecule has 0 spiro atoms. The zero-order chi connectivity index (χ0) is 13.0. The maximum absolute atomic E-state index is 9.22. The standard InChI is InChI=1S/C14H19N3O/c1-11(7-12-3-5-14(18)6-4-12)15-8-13-9-16-17(2)10-13/h3-6,9-11,15,18H,7-8H2,1-2H3/t11-/m1/s1. The van der Waals surface area contributed by atoms with Crippen LogP contribution < -0.4 is 5.32 Å². The highest BCUT2D eigenvalue weighted by Crippen LogP contribution is 2.11. The quantitative estimate of drug-likeness (QED) is 0.845. The Morgan fingerprint density at radius 1 is 1.28 bits per heavy atom. The lowest BCUT2D eigenvalue weighted by atomic mass is 10.1. The molecular weight excluding hydrogens is 226 g/mol.